The van der Waals surface area contributed by atoms with Gasteiger partial charge in [-0.2, -0.15) is 0 Å². The summed E-state index contributed by atoms with van der Waals surface area (Å²) in [6.45, 7) is 1.70. The van der Waals surface area contributed by atoms with Gasteiger partial charge in [-0.1, -0.05) is 60.7 Å². The summed E-state index contributed by atoms with van der Waals surface area (Å²) in [4.78, 5) is 0. The molecular weight excluding hydrogens is 220 g/mol. The van der Waals surface area contributed by atoms with Crippen LogP contribution in [0.5, 0.6) is 0 Å². The lowest BCUT2D eigenvalue weighted by atomic mass is 9.69. The Morgan fingerprint density at radius 2 is 1.11 bits per heavy atom. The lowest BCUT2D eigenvalue weighted by molar-refractivity contribution is 0.0631. The fourth-order valence-electron chi connectivity index (χ4n) is 2.98. The molecule has 1 fully saturated rings. The first-order valence-electron chi connectivity index (χ1n) is 6.61. The van der Waals surface area contributed by atoms with E-state index >= 15 is 0 Å². The Morgan fingerprint density at radius 3 is 1.56 bits per heavy atom. The quantitative estimate of drug-likeness (QED) is 0.773. The topological polar surface area (TPSA) is 9.23 Å². The van der Waals surface area contributed by atoms with E-state index in [2.05, 4.69) is 60.7 Å². The second-order valence-corrected chi connectivity index (χ2v) is 4.93. The van der Waals surface area contributed by atoms with Gasteiger partial charge in [0.15, 0.2) is 0 Å². The van der Waals surface area contributed by atoms with Gasteiger partial charge in [-0.05, 0) is 24.0 Å². The first kappa shape index (κ1) is 11.5. The maximum Gasteiger partial charge on any atom is 0.0477 e. The van der Waals surface area contributed by atoms with E-state index in [1.54, 1.807) is 0 Å². The summed E-state index contributed by atoms with van der Waals surface area (Å²) < 4.78 is 5.57. The Hall–Kier alpha value is -1.60. The molecule has 0 saturated carbocycles. The predicted octanol–water partition coefficient (Wildman–Crippen LogP) is 3.78. The molecule has 0 N–H and O–H groups in total. The molecular formula is C17H18O. The number of hydrogen-bond acceptors (Lipinski definition) is 1. The van der Waals surface area contributed by atoms with Crippen LogP contribution in [0, 0.1) is 0 Å². The van der Waals surface area contributed by atoms with E-state index in [0.717, 1.165) is 26.1 Å². The van der Waals surface area contributed by atoms with Gasteiger partial charge < -0.3 is 4.74 Å². The Labute approximate surface area is 108 Å². The highest BCUT2D eigenvalue weighted by molar-refractivity contribution is 5.39. The maximum absolute atomic E-state index is 5.57. The van der Waals surface area contributed by atoms with Crippen LogP contribution in [-0.4, -0.2) is 13.2 Å². The Bertz CT molecular complexity index is 442. The molecule has 3 rings (SSSR count). The van der Waals surface area contributed by atoms with Crippen molar-refractivity contribution in [1.29, 1.82) is 0 Å². The number of ether oxygens (including phenoxy) is 1. The zero-order chi connectivity index (χ0) is 12.3. The van der Waals surface area contributed by atoms with Crippen LogP contribution in [0.25, 0.3) is 0 Å². The molecule has 2 aromatic carbocycles. The molecule has 1 nitrogen and oxygen atoms in total. The molecule has 0 spiro atoms. The molecule has 0 radical (unpaired) electrons. The highest BCUT2D eigenvalue weighted by Gasteiger charge is 2.35. The molecule has 1 heterocycles. The fraction of sp³-hybridized carbons (Fsp3) is 0.294. The first-order chi connectivity index (χ1) is 8.92. The van der Waals surface area contributed by atoms with Gasteiger partial charge in [0.05, 0.1) is 0 Å². The Kier molecular flexibility index (Phi) is 3.16. The zero-order valence-corrected chi connectivity index (χ0v) is 10.5. The molecule has 92 valence electrons. The number of rotatable bonds is 2. The van der Waals surface area contributed by atoms with E-state index in [0.29, 0.717) is 0 Å². The largest absolute Gasteiger partial charge is 0.381 e. The second-order valence-electron chi connectivity index (χ2n) is 4.93. The third-order valence-corrected chi connectivity index (χ3v) is 4.00. The molecule has 1 aliphatic heterocycles. The lowest BCUT2D eigenvalue weighted by Gasteiger charge is -2.38. The highest BCUT2D eigenvalue weighted by atomic mass is 16.5. The normalized spacial score (nSPS) is 18.4. The number of hydrogen-bond donors (Lipinski definition) is 0. The summed E-state index contributed by atoms with van der Waals surface area (Å²) >= 11 is 0. The third-order valence-electron chi connectivity index (χ3n) is 4.00. The molecule has 0 atom stereocenters. The molecule has 1 aliphatic rings. The fourth-order valence-corrected chi connectivity index (χ4v) is 2.98. The van der Waals surface area contributed by atoms with Crippen molar-refractivity contribution < 1.29 is 4.74 Å². The van der Waals surface area contributed by atoms with Gasteiger partial charge in [0, 0.05) is 18.6 Å². The van der Waals surface area contributed by atoms with Gasteiger partial charge in [0.2, 0.25) is 0 Å². The highest BCUT2D eigenvalue weighted by Crippen LogP contribution is 2.40. The molecule has 18 heavy (non-hydrogen) atoms. The van der Waals surface area contributed by atoms with Crippen molar-refractivity contribution in [3.8, 4) is 0 Å². The second kappa shape index (κ2) is 4.95. The standard InChI is InChI=1S/C17H18O/c1-3-7-15(8-4-1)17(11-13-18-14-12-17)16-9-5-2-6-10-16/h1-10H,11-14H2. The summed E-state index contributed by atoms with van der Waals surface area (Å²) in [5.74, 6) is 0. The van der Waals surface area contributed by atoms with Gasteiger partial charge in [-0.15, -0.1) is 0 Å². The zero-order valence-electron chi connectivity index (χ0n) is 10.5. The number of benzene rings is 2. The van der Waals surface area contributed by atoms with Crippen LogP contribution < -0.4 is 0 Å². The Morgan fingerprint density at radius 1 is 0.667 bits per heavy atom. The van der Waals surface area contributed by atoms with Crippen molar-refractivity contribution in [2.75, 3.05) is 13.2 Å². The predicted molar refractivity (Wildman–Crippen MR) is 73.7 cm³/mol. The summed E-state index contributed by atoms with van der Waals surface area (Å²) in [7, 11) is 0. The van der Waals surface area contributed by atoms with E-state index in [1.807, 2.05) is 0 Å². The molecule has 0 amide bonds. The molecule has 0 aromatic heterocycles. The average Bonchev–Trinajstić information content (AvgIpc) is 2.50. The van der Waals surface area contributed by atoms with E-state index in [-0.39, 0.29) is 5.41 Å². The van der Waals surface area contributed by atoms with Gasteiger partial charge in [-0.3, -0.25) is 0 Å². The minimum Gasteiger partial charge on any atom is -0.381 e. The van der Waals surface area contributed by atoms with Crippen molar-refractivity contribution >= 4 is 0 Å². The average molecular weight is 238 g/mol. The van der Waals surface area contributed by atoms with Crippen LogP contribution in [0.15, 0.2) is 60.7 Å². The lowest BCUT2D eigenvalue weighted by Crippen LogP contribution is -2.34. The van der Waals surface area contributed by atoms with Crippen LogP contribution in [0.3, 0.4) is 0 Å². The van der Waals surface area contributed by atoms with E-state index in [9.17, 15) is 0 Å². The van der Waals surface area contributed by atoms with Crippen LogP contribution in [0.2, 0.25) is 0 Å². The van der Waals surface area contributed by atoms with Crippen molar-refractivity contribution in [2.45, 2.75) is 18.3 Å². The van der Waals surface area contributed by atoms with Gasteiger partial charge in [-0.25, -0.2) is 0 Å². The molecule has 1 heteroatoms. The van der Waals surface area contributed by atoms with Gasteiger partial charge in [0.1, 0.15) is 0 Å². The minimum absolute atomic E-state index is 0.140. The van der Waals surface area contributed by atoms with Crippen LogP contribution in [-0.2, 0) is 10.2 Å². The molecule has 0 unspecified atom stereocenters. The van der Waals surface area contributed by atoms with Crippen molar-refractivity contribution in [3.05, 3.63) is 71.8 Å². The summed E-state index contributed by atoms with van der Waals surface area (Å²) in [6.07, 6.45) is 2.14. The third kappa shape index (κ3) is 1.95. The monoisotopic (exact) mass is 238 g/mol. The van der Waals surface area contributed by atoms with Crippen LogP contribution in [0.4, 0.5) is 0 Å². The molecule has 0 aliphatic carbocycles. The summed E-state index contributed by atoms with van der Waals surface area (Å²) in [5.41, 5.74) is 2.97. The van der Waals surface area contributed by atoms with Crippen molar-refractivity contribution in [3.63, 3.8) is 0 Å². The van der Waals surface area contributed by atoms with E-state index in [1.165, 1.54) is 11.1 Å². The summed E-state index contributed by atoms with van der Waals surface area (Å²) in [5, 5.41) is 0. The van der Waals surface area contributed by atoms with Crippen molar-refractivity contribution in [2.24, 2.45) is 0 Å². The van der Waals surface area contributed by atoms with Crippen LogP contribution in [0.1, 0.15) is 24.0 Å². The SMILES string of the molecule is c1ccc(C2(c3ccccc3)CCOCC2)cc1. The van der Waals surface area contributed by atoms with Gasteiger partial charge in [0.25, 0.3) is 0 Å². The van der Waals surface area contributed by atoms with E-state index < -0.39 is 0 Å². The van der Waals surface area contributed by atoms with Crippen molar-refractivity contribution in [1.82, 2.24) is 0 Å². The molecule has 1 saturated heterocycles. The smallest absolute Gasteiger partial charge is 0.0477 e. The Balaban J connectivity index is 2.10. The van der Waals surface area contributed by atoms with E-state index in [4.69, 9.17) is 4.74 Å². The molecule has 0 bridgehead atoms. The minimum atomic E-state index is 0.140. The summed E-state index contributed by atoms with van der Waals surface area (Å²) in [6, 6.07) is 21.7. The molecule has 2 aromatic rings. The van der Waals surface area contributed by atoms with Crippen LogP contribution >= 0.6 is 0 Å². The first-order valence-corrected chi connectivity index (χ1v) is 6.61. The maximum atomic E-state index is 5.57. The van der Waals surface area contributed by atoms with Gasteiger partial charge >= 0.3 is 0 Å².